The van der Waals surface area contributed by atoms with E-state index in [1.807, 2.05) is 30.3 Å². The number of fused-ring (bicyclic) bond motifs is 1. The Morgan fingerprint density at radius 2 is 1.53 bits per heavy atom. The molecule has 2 aromatic carbocycles. The van der Waals surface area contributed by atoms with Crippen molar-refractivity contribution in [1.82, 2.24) is 0 Å². The summed E-state index contributed by atoms with van der Waals surface area (Å²) in [6, 6.07) is 18.6. The zero-order valence-electron chi connectivity index (χ0n) is 9.48. The molecule has 2 aromatic rings. The van der Waals surface area contributed by atoms with E-state index in [0.717, 1.165) is 12.0 Å². The number of rotatable bonds is 0. The summed E-state index contributed by atoms with van der Waals surface area (Å²) in [5, 5.41) is 0. The minimum absolute atomic E-state index is 0.968. The maximum absolute atomic E-state index is 3.26. The first kappa shape index (κ1) is 9.93. The summed E-state index contributed by atoms with van der Waals surface area (Å²) in [6.45, 7) is 0. The predicted molar refractivity (Wildman–Crippen MR) is 71.4 cm³/mol. The van der Waals surface area contributed by atoms with E-state index in [0.29, 0.717) is 0 Å². The molecule has 1 aliphatic carbocycles. The van der Waals surface area contributed by atoms with Crippen molar-refractivity contribution < 1.29 is 0 Å². The molecule has 0 aromatic heterocycles. The van der Waals surface area contributed by atoms with Gasteiger partial charge in [-0.15, -0.1) is 0 Å². The highest BCUT2D eigenvalue weighted by Gasteiger charge is 2.09. The van der Waals surface area contributed by atoms with E-state index in [4.69, 9.17) is 0 Å². The van der Waals surface area contributed by atoms with E-state index in [-0.39, 0.29) is 0 Å². The van der Waals surface area contributed by atoms with Crippen LogP contribution in [0.1, 0.15) is 16.7 Å². The van der Waals surface area contributed by atoms with E-state index < -0.39 is 0 Å². The normalized spacial score (nSPS) is 12.4. The van der Waals surface area contributed by atoms with Crippen LogP contribution in [0.15, 0.2) is 60.2 Å². The molecule has 0 aliphatic heterocycles. The standard InChI is InChI=1S/C17H12/c1-2-6-14(7-3-1)10-11-15-12-16-8-4-5-9-17(16)13-15/h1-9,12H,13H2. The highest BCUT2D eigenvalue weighted by atomic mass is 14.1. The molecular weight excluding hydrogens is 204 g/mol. The molecule has 0 unspecified atom stereocenters. The van der Waals surface area contributed by atoms with Crippen LogP contribution < -0.4 is 0 Å². The minimum atomic E-state index is 0.968. The second kappa shape index (κ2) is 4.31. The van der Waals surface area contributed by atoms with Crippen molar-refractivity contribution in [3.8, 4) is 11.8 Å². The highest BCUT2D eigenvalue weighted by molar-refractivity contribution is 5.68. The molecule has 0 saturated heterocycles. The average molecular weight is 216 g/mol. The van der Waals surface area contributed by atoms with Crippen LogP contribution in [-0.4, -0.2) is 0 Å². The molecule has 0 amide bonds. The Bertz CT molecular complexity index is 622. The maximum Gasteiger partial charge on any atom is 0.0248 e. The zero-order chi connectivity index (χ0) is 11.5. The number of hydrogen-bond donors (Lipinski definition) is 0. The van der Waals surface area contributed by atoms with Crippen LogP contribution in [0, 0.1) is 11.8 Å². The lowest BCUT2D eigenvalue weighted by Crippen LogP contribution is -1.81. The van der Waals surface area contributed by atoms with Gasteiger partial charge in [-0.3, -0.25) is 0 Å². The maximum atomic E-state index is 3.26. The summed E-state index contributed by atoms with van der Waals surface area (Å²) in [6.07, 6.45) is 3.15. The summed E-state index contributed by atoms with van der Waals surface area (Å²) in [5.41, 5.74) is 4.97. The lowest BCUT2D eigenvalue weighted by atomic mass is 10.1. The van der Waals surface area contributed by atoms with Crippen LogP contribution in [0.5, 0.6) is 0 Å². The Balaban J connectivity index is 1.85. The van der Waals surface area contributed by atoms with Gasteiger partial charge < -0.3 is 0 Å². The van der Waals surface area contributed by atoms with E-state index in [1.165, 1.54) is 16.7 Å². The van der Waals surface area contributed by atoms with Gasteiger partial charge in [0.2, 0.25) is 0 Å². The summed E-state index contributed by atoms with van der Waals surface area (Å²) < 4.78 is 0. The van der Waals surface area contributed by atoms with Crippen molar-refractivity contribution in [2.24, 2.45) is 0 Å². The molecule has 0 heteroatoms. The first-order valence-corrected chi connectivity index (χ1v) is 5.77. The molecule has 0 fully saturated rings. The fraction of sp³-hybridized carbons (Fsp3) is 0.0588. The first-order valence-electron chi connectivity index (χ1n) is 5.77. The molecule has 80 valence electrons. The lowest BCUT2D eigenvalue weighted by Gasteiger charge is -1.94. The van der Waals surface area contributed by atoms with Crippen LogP contribution >= 0.6 is 0 Å². The van der Waals surface area contributed by atoms with Crippen molar-refractivity contribution in [1.29, 1.82) is 0 Å². The van der Waals surface area contributed by atoms with Gasteiger partial charge in [-0.1, -0.05) is 54.3 Å². The molecule has 0 N–H and O–H groups in total. The smallest absolute Gasteiger partial charge is 0.0248 e. The van der Waals surface area contributed by atoms with Crippen molar-refractivity contribution >= 4 is 6.08 Å². The molecule has 0 heterocycles. The summed E-state index contributed by atoms with van der Waals surface area (Å²) in [7, 11) is 0. The van der Waals surface area contributed by atoms with Crippen LogP contribution in [0.4, 0.5) is 0 Å². The Morgan fingerprint density at radius 1 is 0.765 bits per heavy atom. The Morgan fingerprint density at radius 3 is 2.35 bits per heavy atom. The van der Waals surface area contributed by atoms with Crippen LogP contribution in [0.25, 0.3) is 6.08 Å². The van der Waals surface area contributed by atoms with E-state index in [9.17, 15) is 0 Å². The molecule has 0 spiro atoms. The molecule has 17 heavy (non-hydrogen) atoms. The predicted octanol–water partition coefficient (Wildman–Crippen LogP) is 3.68. The van der Waals surface area contributed by atoms with Gasteiger partial charge >= 0.3 is 0 Å². The summed E-state index contributed by atoms with van der Waals surface area (Å²) in [4.78, 5) is 0. The van der Waals surface area contributed by atoms with Crippen LogP contribution in [0.2, 0.25) is 0 Å². The third kappa shape index (κ3) is 2.14. The van der Waals surface area contributed by atoms with Crippen LogP contribution in [0.3, 0.4) is 0 Å². The molecule has 3 rings (SSSR count). The van der Waals surface area contributed by atoms with Gasteiger partial charge in [0.25, 0.3) is 0 Å². The Labute approximate surface area is 102 Å². The van der Waals surface area contributed by atoms with Gasteiger partial charge in [-0.2, -0.15) is 0 Å². The number of hydrogen-bond acceptors (Lipinski definition) is 0. The zero-order valence-corrected chi connectivity index (χ0v) is 9.48. The molecule has 0 bridgehead atoms. The fourth-order valence-corrected chi connectivity index (χ4v) is 2.03. The topological polar surface area (TPSA) is 0 Å². The first-order chi connectivity index (χ1) is 8.42. The second-order valence-corrected chi connectivity index (χ2v) is 4.16. The van der Waals surface area contributed by atoms with Crippen molar-refractivity contribution in [3.63, 3.8) is 0 Å². The Hall–Kier alpha value is -2.26. The third-order valence-electron chi connectivity index (χ3n) is 2.91. The summed E-state index contributed by atoms with van der Waals surface area (Å²) >= 11 is 0. The fourth-order valence-electron chi connectivity index (χ4n) is 2.03. The summed E-state index contributed by atoms with van der Waals surface area (Å²) in [5.74, 6) is 6.46. The second-order valence-electron chi connectivity index (χ2n) is 4.16. The average Bonchev–Trinajstić information content (AvgIpc) is 2.80. The molecule has 0 nitrogen and oxygen atoms in total. The lowest BCUT2D eigenvalue weighted by molar-refractivity contribution is 1.26. The van der Waals surface area contributed by atoms with Crippen molar-refractivity contribution in [2.75, 3.05) is 0 Å². The van der Waals surface area contributed by atoms with Gasteiger partial charge in [0.1, 0.15) is 0 Å². The number of allylic oxidation sites excluding steroid dienone is 1. The SMILES string of the molecule is C(#Cc1ccccc1)C1=Cc2ccccc2C1. The van der Waals surface area contributed by atoms with E-state index in [1.54, 1.807) is 0 Å². The van der Waals surface area contributed by atoms with Crippen LogP contribution in [-0.2, 0) is 6.42 Å². The highest BCUT2D eigenvalue weighted by Crippen LogP contribution is 2.23. The van der Waals surface area contributed by atoms with Gasteiger partial charge in [-0.25, -0.2) is 0 Å². The van der Waals surface area contributed by atoms with Gasteiger partial charge in [0.15, 0.2) is 0 Å². The molecule has 0 radical (unpaired) electrons. The number of benzene rings is 2. The van der Waals surface area contributed by atoms with Gasteiger partial charge in [0, 0.05) is 17.6 Å². The van der Waals surface area contributed by atoms with E-state index >= 15 is 0 Å². The molecule has 0 saturated carbocycles. The largest absolute Gasteiger partial charge is 0.0657 e. The monoisotopic (exact) mass is 216 g/mol. The third-order valence-corrected chi connectivity index (χ3v) is 2.91. The van der Waals surface area contributed by atoms with Gasteiger partial charge in [0.05, 0.1) is 0 Å². The van der Waals surface area contributed by atoms with Crippen molar-refractivity contribution in [2.45, 2.75) is 6.42 Å². The van der Waals surface area contributed by atoms with E-state index in [2.05, 4.69) is 42.2 Å². The molecular formula is C17H12. The van der Waals surface area contributed by atoms with Gasteiger partial charge in [-0.05, 0) is 29.3 Å². The Kier molecular flexibility index (Phi) is 2.52. The molecule has 0 atom stereocenters. The quantitative estimate of drug-likeness (QED) is 0.589. The minimum Gasteiger partial charge on any atom is -0.0657 e. The van der Waals surface area contributed by atoms with Crippen molar-refractivity contribution in [3.05, 3.63) is 76.9 Å². The molecule has 1 aliphatic rings.